The van der Waals surface area contributed by atoms with E-state index in [1.165, 1.54) is 116 Å². The maximum absolute atomic E-state index is 12.8. The molecule has 0 radical (unpaired) electrons. The van der Waals surface area contributed by atoms with Gasteiger partial charge in [-0.05, 0) is 32.1 Å². The summed E-state index contributed by atoms with van der Waals surface area (Å²) in [5.74, 6) is -0.828. The molecule has 0 aliphatic carbocycles. The largest absolute Gasteiger partial charge is 0.462 e. The van der Waals surface area contributed by atoms with Crippen molar-refractivity contribution in [2.24, 2.45) is 0 Å². The van der Waals surface area contributed by atoms with E-state index in [1.807, 2.05) is 30.4 Å². The fourth-order valence-corrected chi connectivity index (χ4v) is 7.44. The van der Waals surface area contributed by atoms with Crippen LogP contribution in [0.2, 0.25) is 0 Å². The van der Waals surface area contributed by atoms with Crippen LogP contribution in [0.15, 0.2) is 48.6 Å². The van der Waals surface area contributed by atoms with Crippen LogP contribution in [0.3, 0.4) is 0 Å². The van der Waals surface area contributed by atoms with Gasteiger partial charge in [-0.1, -0.05) is 210 Å². The predicted molar refractivity (Wildman–Crippen MR) is 247 cm³/mol. The molecule has 1 rings (SSSR count). The van der Waals surface area contributed by atoms with Gasteiger partial charge in [0.2, 0.25) is 0 Å². The molecule has 0 aromatic rings. The Bertz CT molecular complexity index is 1130. The highest BCUT2D eigenvalue weighted by Gasteiger charge is 2.44. The lowest BCUT2D eigenvalue weighted by atomic mass is 9.99. The third-order valence-electron chi connectivity index (χ3n) is 11.3. The van der Waals surface area contributed by atoms with E-state index in [0.717, 1.165) is 57.8 Å². The molecular formula is C51H90O10. The Morgan fingerprint density at radius 3 is 1.46 bits per heavy atom. The number of aliphatic hydroxyl groups excluding tert-OH is 4. The molecule has 1 aliphatic heterocycles. The lowest BCUT2D eigenvalue weighted by Crippen LogP contribution is -2.59. The van der Waals surface area contributed by atoms with Crippen molar-refractivity contribution in [3.05, 3.63) is 48.6 Å². The first-order chi connectivity index (χ1) is 29.8. The number of unbranched alkanes of at least 4 members (excludes halogenated alkanes) is 25. The summed E-state index contributed by atoms with van der Waals surface area (Å²) in [5, 5.41) is 40.1. The third-order valence-corrected chi connectivity index (χ3v) is 11.3. The van der Waals surface area contributed by atoms with Crippen molar-refractivity contribution in [1.29, 1.82) is 0 Å². The minimum atomic E-state index is -1.60. The van der Waals surface area contributed by atoms with Crippen LogP contribution in [0.1, 0.15) is 206 Å². The number of hydrogen-bond donors (Lipinski definition) is 4. The van der Waals surface area contributed by atoms with Gasteiger partial charge in [-0.3, -0.25) is 9.59 Å². The van der Waals surface area contributed by atoms with Gasteiger partial charge >= 0.3 is 11.9 Å². The second-order valence-corrected chi connectivity index (χ2v) is 17.0. The molecule has 0 saturated carbocycles. The summed E-state index contributed by atoms with van der Waals surface area (Å²) in [4.78, 5) is 25.4. The molecular weight excluding hydrogens is 773 g/mol. The number of carbonyl (C=O) groups excluding carboxylic acids is 2. The van der Waals surface area contributed by atoms with Crippen molar-refractivity contribution in [1.82, 2.24) is 0 Å². The van der Waals surface area contributed by atoms with Gasteiger partial charge in [0.15, 0.2) is 12.4 Å². The van der Waals surface area contributed by atoms with Gasteiger partial charge in [0.1, 0.15) is 31.0 Å². The summed E-state index contributed by atoms with van der Waals surface area (Å²) in [7, 11) is 0. The quantitative estimate of drug-likeness (QED) is 0.0265. The second kappa shape index (κ2) is 41.7. The van der Waals surface area contributed by atoms with E-state index >= 15 is 0 Å². The molecule has 4 N–H and O–H groups in total. The first kappa shape index (κ1) is 56.7. The van der Waals surface area contributed by atoms with E-state index in [-0.39, 0.29) is 32.0 Å². The Labute approximate surface area is 371 Å². The molecule has 10 nitrogen and oxygen atoms in total. The number of hydrogen-bond acceptors (Lipinski definition) is 10. The van der Waals surface area contributed by atoms with Crippen LogP contribution in [-0.2, 0) is 28.5 Å². The van der Waals surface area contributed by atoms with Crippen LogP contribution in [0.25, 0.3) is 0 Å². The summed E-state index contributed by atoms with van der Waals surface area (Å²) in [6.45, 7) is 3.28. The lowest BCUT2D eigenvalue weighted by Gasteiger charge is -2.39. The average molecular weight is 863 g/mol. The molecule has 0 amide bonds. The highest BCUT2D eigenvalue weighted by atomic mass is 16.7. The minimum Gasteiger partial charge on any atom is -0.462 e. The molecule has 0 aromatic heterocycles. The normalized spacial score (nSPS) is 20.1. The zero-order chi connectivity index (χ0) is 44.4. The molecule has 1 aliphatic rings. The Balaban J connectivity index is 2.26. The summed E-state index contributed by atoms with van der Waals surface area (Å²) in [6, 6.07) is 0. The molecule has 6 atom stereocenters. The van der Waals surface area contributed by atoms with Crippen molar-refractivity contribution in [3.8, 4) is 0 Å². The van der Waals surface area contributed by atoms with Gasteiger partial charge < -0.3 is 39.4 Å². The number of ether oxygens (including phenoxy) is 4. The zero-order valence-electron chi connectivity index (χ0n) is 38.7. The van der Waals surface area contributed by atoms with Crippen LogP contribution in [-0.4, -0.2) is 89.0 Å². The van der Waals surface area contributed by atoms with Crippen LogP contribution in [0, 0.1) is 0 Å². The topological polar surface area (TPSA) is 152 Å². The fourth-order valence-electron chi connectivity index (χ4n) is 7.44. The third kappa shape index (κ3) is 32.9. The van der Waals surface area contributed by atoms with Crippen LogP contribution < -0.4 is 0 Å². The Morgan fingerprint density at radius 1 is 0.525 bits per heavy atom. The average Bonchev–Trinajstić information content (AvgIpc) is 3.26. The summed E-state index contributed by atoms with van der Waals surface area (Å²) in [6.07, 6.45) is 42.7. The highest BCUT2D eigenvalue weighted by molar-refractivity contribution is 5.70. The van der Waals surface area contributed by atoms with E-state index in [0.29, 0.717) is 6.42 Å². The molecule has 0 aromatic carbocycles. The fraction of sp³-hybridized carbons (Fsp3) is 0.804. The second-order valence-electron chi connectivity index (χ2n) is 17.0. The summed E-state index contributed by atoms with van der Waals surface area (Å²) in [5.41, 5.74) is 0. The predicted octanol–water partition coefficient (Wildman–Crippen LogP) is 11.2. The molecule has 61 heavy (non-hydrogen) atoms. The lowest BCUT2D eigenvalue weighted by molar-refractivity contribution is -0.305. The van der Waals surface area contributed by atoms with Crippen LogP contribution in [0.4, 0.5) is 0 Å². The molecule has 0 bridgehead atoms. The van der Waals surface area contributed by atoms with E-state index < -0.39 is 49.4 Å². The van der Waals surface area contributed by atoms with Crippen LogP contribution in [0.5, 0.6) is 0 Å². The molecule has 1 heterocycles. The van der Waals surface area contributed by atoms with E-state index in [1.54, 1.807) is 0 Å². The maximum Gasteiger partial charge on any atom is 0.306 e. The Hall–Kier alpha value is -2.34. The number of carbonyl (C=O) groups is 2. The first-order valence-corrected chi connectivity index (χ1v) is 24.8. The Morgan fingerprint density at radius 2 is 0.967 bits per heavy atom. The summed E-state index contributed by atoms with van der Waals surface area (Å²) >= 11 is 0. The molecule has 10 heteroatoms. The SMILES string of the molecule is CC/C=C/C=C/C=C/C=C/CCCCCCCC(=O)O[C@@H](COC(=O)CCCCCCCCCCCCCCCCCCCCCCC)CO[C@H]1O[C@@H](CO)[C@@H](O)C(O)C1O. The van der Waals surface area contributed by atoms with Gasteiger partial charge in [0, 0.05) is 12.8 Å². The minimum absolute atomic E-state index is 0.204. The molecule has 2 unspecified atom stereocenters. The van der Waals surface area contributed by atoms with E-state index in [9.17, 15) is 30.0 Å². The van der Waals surface area contributed by atoms with Crippen molar-refractivity contribution >= 4 is 11.9 Å². The van der Waals surface area contributed by atoms with Crippen molar-refractivity contribution in [3.63, 3.8) is 0 Å². The molecule has 1 saturated heterocycles. The van der Waals surface area contributed by atoms with Gasteiger partial charge in [0.05, 0.1) is 13.2 Å². The zero-order valence-corrected chi connectivity index (χ0v) is 38.7. The number of aliphatic hydroxyl groups is 4. The van der Waals surface area contributed by atoms with Crippen molar-refractivity contribution < 1.29 is 49.0 Å². The van der Waals surface area contributed by atoms with Gasteiger partial charge in [-0.15, -0.1) is 0 Å². The van der Waals surface area contributed by atoms with E-state index in [2.05, 4.69) is 32.1 Å². The molecule has 354 valence electrons. The summed E-state index contributed by atoms with van der Waals surface area (Å²) < 4.78 is 22.2. The first-order valence-electron chi connectivity index (χ1n) is 24.8. The smallest absolute Gasteiger partial charge is 0.306 e. The number of rotatable bonds is 41. The van der Waals surface area contributed by atoms with Crippen LogP contribution >= 0.6 is 0 Å². The van der Waals surface area contributed by atoms with Gasteiger partial charge in [-0.25, -0.2) is 0 Å². The number of allylic oxidation sites excluding steroid dienone is 8. The molecule has 0 spiro atoms. The van der Waals surface area contributed by atoms with E-state index in [4.69, 9.17) is 18.9 Å². The Kier molecular flexibility index (Phi) is 38.7. The molecule has 1 fully saturated rings. The number of esters is 2. The van der Waals surface area contributed by atoms with Crippen molar-refractivity contribution in [2.75, 3.05) is 19.8 Å². The maximum atomic E-state index is 12.8. The van der Waals surface area contributed by atoms with Gasteiger partial charge in [-0.2, -0.15) is 0 Å². The van der Waals surface area contributed by atoms with Crippen molar-refractivity contribution in [2.45, 2.75) is 243 Å². The monoisotopic (exact) mass is 863 g/mol. The standard InChI is InChI=1S/C51H90O10/c1-3-5-7-9-11-13-15-17-19-20-21-22-23-24-26-27-29-31-33-35-37-39-46(53)58-42-44(43-59-51-50(57)49(56)48(55)45(41-52)61-51)60-47(54)40-38-36-34-32-30-28-25-18-16-14-12-10-8-6-4-2/h6,8,10,12,14,16,18,25,44-45,48-52,55-57H,3-5,7,9,11,13,15,17,19-24,26-43H2,1-2H3/b8-6+,12-10+,16-14+,25-18+/t44-,45-,48+,49?,50?,51-/m0/s1. The highest BCUT2D eigenvalue weighted by Crippen LogP contribution is 2.23. The van der Waals surface area contributed by atoms with Gasteiger partial charge in [0.25, 0.3) is 0 Å².